The number of carbonyl (C=O) groups excluding carboxylic acids is 2. The van der Waals surface area contributed by atoms with Crippen molar-refractivity contribution in [1.29, 1.82) is 0 Å². The Morgan fingerprint density at radius 3 is 2.44 bits per heavy atom. The second-order valence-corrected chi connectivity index (χ2v) is 3.46. The number of nitrogens with one attached hydrogen (secondary N) is 1. The molecule has 0 fully saturated rings. The molecule has 3 N–H and O–H groups in total. The van der Waals surface area contributed by atoms with Crippen LogP contribution in [0.15, 0.2) is 29.4 Å². The first-order valence-electron chi connectivity index (χ1n) is 5.42. The number of nitrogens with two attached hydrogens (primary N) is 1. The third-order valence-electron chi connectivity index (χ3n) is 2.13. The van der Waals surface area contributed by atoms with Crippen molar-refractivity contribution in [2.24, 2.45) is 10.8 Å². The standard InChI is InChI=1S/C12H15N3O3/c1-3-18-10-6-4-9(5-7-10)8(2)14-15-12(17)11(13)16/h4-7H,3H2,1-2H3,(H2,13,16)(H,15,17). The fourth-order valence-corrected chi connectivity index (χ4v) is 1.21. The van der Waals surface area contributed by atoms with Crippen molar-refractivity contribution in [2.75, 3.05) is 6.61 Å². The minimum absolute atomic E-state index is 0.563. The van der Waals surface area contributed by atoms with E-state index in [1.54, 1.807) is 31.2 Å². The van der Waals surface area contributed by atoms with Crippen LogP contribution < -0.4 is 15.9 Å². The van der Waals surface area contributed by atoms with E-state index in [4.69, 9.17) is 10.5 Å². The van der Waals surface area contributed by atoms with Gasteiger partial charge in [0.15, 0.2) is 0 Å². The molecule has 0 unspecified atom stereocenters. The minimum Gasteiger partial charge on any atom is -0.494 e. The van der Waals surface area contributed by atoms with Crippen LogP contribution in [0, 0.1) is 0 Å². The molecule has 0 saturated carbocycles. The summed E-state index contributed by atoms with van der Waals surface area (Å²) in [6, 6.07) is 7.21. The molecule has 1 aromatic rings. The number of amides is 2. The van der Waals surface area contributed by atoms with Gasteiger partial charge in [-0.1, -0.05) is 0 Å². The second-order valence-electron chi connectivity index (χ2n) is 3.46. The molecule has 0 aromatic heterocycles. The largest absolute Gasteiger partial charge is 0.494 e. The summed E-state index contributed by atoms with van der Waals surface area (Å²) >= 11 is 0. The molecule has 6 nitrogen and oxygen atoms in total. The van der Waals surface area contributed by atoms with Gasteiger partial charge in [0.2, 0.25) is 0 Å². The van der Waals surface area contributed by atoms with E-state index in [-0.39, 0.29) is 0 Å². The van der Waals surface area contributed by atoms with Crippen molar-refractivity contribution in [1.82, 2.24) is 5.43 Å². The number of nitrogens with zero attached hydrogens (tertiary/aromatic N) is 1. The quantitative estimate of drug-likeness (QED) is 0.459. The lowest BCUT2D eigenvalue weighted by atomic mass is 10.1. The molecule has 0 aliphatic rings. The average Bonchev–Trinajstić information content (AvgIpc) is 2.36. The van der Waals surface area contributed by atoms with Crippen LogP contribution in [0.1, 0.15) is 19.4 Å². The lowest BCUT2D eigenvalue weighted by Crippen LogP contribution is -2.33. The van der Waals surface area contributed by atoms with Crippen LogP contribution in [0.3, 0.4) is 0 Å². The molecule has 2 amide bonds. The van der Waals surface area contributed by atoms with E-state index < -0.39 is 11.8 Å². The van der Waals surface area contributed by atoms with Crippen molar-refractivity contribution >= 4 is 17.5 Å². The summed E-state index contributed by atoms with van der Waals surface area (Å²) in [6.07, 6.45) is 0. The summed E-state index contributed by atoms with van der Waals surface area (Å²) < 4.78 is 5.30. The van der Waals surface area contributed by atoms with Gasteiger partial charge in [0, 0.05) is 0 Å². The number of benzene rings is 1. The van der Waals surface area contributed by atoms with Gasteiger partial charge < -0.3 is 10.5 Å². The second kappa shape index (κ2) is 6.39. The summed E-state index contributed by atoms with van der Waals surface area (Å²) in [6.45, 7) is 4.21. The number of ether oxygens (including phenoxy) is 1. The number of primary amides is 1. The van der Waals surface area contributed by atoms with Crippen LogP contribution >= 0.6 is 0 Å². The van der Waals surface area contributed by atoms with Gasteiger partial charge in [0.1, 0.15) is 5.75 Å². The maximum absolute atomic E-state index is 10.9. The predicted octanol–water partition coefficient (Wildman–Crippen LogP) is 0.411. The maximum Gasteiger partial charge on any atom is 0.329 e. The van der Waals surface area contributed by atoms with Crippen molar-refractivity contribution in [2.45, 2.75) is 13.8 Å². The predicted molar refractivity (Wildman–Crippen MR) is 67.2 cm³/mol. The minimum atomic E-state index is -1.07. The number of hydrogen-bond donors (Lipinski definition) is 2. The third-order valence-corrected chi connectivity index (χ3v) is 2.13. The highest BCUT2D eigenvalue weighted by Crippen LogP contribution is 2.12. The van der Waals surface area contributed by atoms with Crippen molar-refractivity contribution in [3.8, 4) is 5.75 Å². The van der Waals surface area contributed by atoms with Gasteiger partial charge in [-0.3, -0.25) is 9.59 Å². The zero-order valence-corrected chi connectivity index (χ0v) is 10.3. The Bertz CT molecular complexity index is 466. The molecular formula is C12H15N3O3. The fourth-order valence-electron chi connectivity index (χ4n) is 1.21. The van der Waals surface area contributed by atoms with Crippen LogP contribution in [0.4, 0.5) is 0 Å². The van der Waals surface area contributed by atoms with Gasteiger partial charge in [0.25, 0.3) is 0 Å². The first-order chi connectivity index (χ1) is 8.54. The van der Waals surface area contributed by atoms with Gasteiger partial charge in [-0.05, 0) is 43.7 Å². The lowest BCUT2D eigenvalue weighted by Gasteiger charge is -2.04. The molecule has 1 rings (SSSR count). The normalized spacial score (nSPS) is 10.9. The Morgan fingerprint density at radius 2 is 1.94 bits per heavy atom. The Kier molecular flexibility index (Phi) is 4.86. The van der Waals surface area contributed by atoms with E-state index in [0.29, 0.717) is 12.3 Å². The van der Waals surface area contributed by atoms with Gasteiger partial charge in [0.05, 0.1) is 12.3 Å². The van der Waals surface area contributed by atoms with E-state index in [1.165, 1.54) is 0 Å². The molecule has 0 heterocycles. The highest BCUT2D eigenvalue weighted by molar-refractivity contribution is 6.34. The number of hydrogen-bond acceptors (Lipinski definition) is 4. The van der Waals surface area contributed by atoms with E-state index >= 15 is 0 Å². The van der Waals surface area contributed by atoms with E-state index in [9.17, 15) is 9.59 Å². The molecule has 0 radical (unpaired) electrons. The van der Waals surface area contributed by atoms with Crippen molar-refractivity contribution in [3.63, 3.8) is 0 Å². The molecule has 0 atom stereocenters. The maximum atomic E-state index is 10.9. The summed E-state index contributed by atoms with van der Waals surface area (Å²) in [5.74, 6) is -1.26. The summed E-state index contributed by atoms with van der Waals surface area (Å²) in [5.41, 5.74) is 8.21. The Balaban J connectivity index is 2.71. The van der Waals surface area contributed by atoms with Gasteiger partial charge in [-0.2, -0.15) is 5.10 Å². The number of hydrazone groups is 1. The van der Waals surface area contributed by atoms with Gasteiger partial charge in [-0.25, -0.2) is 5.43 Å². The molecule has 0 bridgehead atoms. The average molecular weight is 249 g/mol. The highest BCUT2D eigenvalue weighted by atomic mass is 16.5. The van der Waals surface area contributed by atoms with E-state index in [1.807, 2.05) is 6.92 Å². The van der Waals surface area contributed by atoms with Crippen molar-refractivity contribution < 1.29 is 14.3 Å². The molecular weight excluding hydrogens is 234 g/mol. The highest BCUT2D eigenvalue weighted by Gasteiger charge is 2.06. The first-order valence-corrected chi connectivity index (χ1v) is 5.42. The number of carbonyl (C=O) groups is 2. The summed E-state index contributed by atoms with van der Waals surface area (Å²) in [7, 11) is 0. The number of rotatable bonds is 4. The van der Waals surface area contributed by atoms with Gasteiger partial charge >= 0.3 is 11.8 Å². The Hall–Kier alpha value is -2.37. The molecule has 0 spiro atoms. The first kappa shape index (κ1) is 13.7. The zero-order valence-electron chi connectivity index (χ0n) is 10.3. The van der Waals surface area contributed by atoms with Crippen LogP contribution in [0.25, 0.3) is 0 Å². The van der Waals surface area contributed by atoms with Crippen LogP contribution in [-0.4, -0.2) is 24.1 Å². The topological polar surface area (TPSA) is 93.8 Å². The lowest BCUT2D eigenvalue weighted by molar-refractivity contribution is -0.137. The van der Waals surface area contributed by atoms with E-state index in [0.717, 1.165) is 11.3 Å². The Labute approximate surface area is 105 Å². The Morgan fingerprint density at radius 1 is 1.33 bits per heavy atom. The zero-order chi connectivity index (χ0) is 13.5. The molecule has 1 aromatic carbocycles. The molecule has 6 heteroatoms. The molecule has 96 valence electrons. The smallest absolute Gasteiger partial charge is 0.329 e. The van der Waals surface area contributed by atoms with E-state index in [2.05, 4.69) is 10.5 Å². The molecule has 0 aliphatic carbocycles. The van der Waals surface area contributed by atoms with Crippen LogP contribution in [0.5, 0.6) is 5.75 Å². The SMILES string of the molecule is CCOc1ccc(C(C)=NNC(=O)C(N)=O)cc1. The monoisotopic (exact) mass is 249 g/mol. The van der Waals surface area contributed by atoms with Gasteiger partial charge in [-0.15, -0.1) is 0 Å². The third kappa shape index (κ3) is 3.89. The molecule has 0 aliphatic heterocycles. The molecule has 0 saturated heterocycles. The van der Waals surface area contributed by atoms with Crippen LogP contribution in [-0.2, 0) is 9.59 Å². The fraction of sp³-hybridized carbons (Fsp3) is 0.250. The van der Waals surface area contributed by atoms with Crippen molar-refractivity contribution in [3.05, 3.63) is 29.8 Å². The van der Waals surface area contributed by atoms with Crippen LogP contribution in [0.2, 0.25) is 0 Å². The summed E-state index contributed by atoms with van der Waals surface area (Å²) in [4.78, 5) is 21.4. The summed E-state index contributed by atoms with van der Waals surface area (Å²) in [5, 5.41) is 3.77. The molecule has 18 heavy (non-hydrogen) atoms.